The molecule has 188 valence electrons. The Morgan fingerprint density at radius 1 is 1.06 bits per heavy atom. The molecule has 1 aliphatic heterocycles. The minimum absolute atomic E-state index is 0.249. The summed E-state index contributed by atoms with van der Waals surface area (Å²) < 4.78 is 36.3. The number of nitrogens with zero attached hydrogens (tertiary/aromatic N) is 1. The van der Waals surface area contributed by atoms with E-state index in [4.69, 9.17) is 9.47 Å². The zero-order chi connectivity index (χ0) is 25.8. The molecule has 3 rings (SSSR count). The minimum atomic E-state index is -3.67. The molecule has 0 saturated carbocycles. The highest BCUT2D eigenvalue weighted by atomic mass is 32.2. The van der Waals surface area contributed by atoms with Gasteiger partial charge < -0.3 is 25.4 Å². The van der Waals surface area contributed by atoms with Crippen LogP contribution in [0, 0.1) is 0 Å². The molecule has 0 unspecified atom stereocenters. The zero-order valence-electron chi connectivity index (χ0n) is 20.4. The molecule has 2 aromatic rings. The fourth-order valence-electron chi connectivity index (χ4n) is 3.79. The first-order chi connectivity index (χ1) is 16.6. The first-order valence-corrected chi connectivity index (χ1v) is 12.9. The van der Waals surface area contributed by atoms with E-state index in [1.807, 2.05) is 6.92 Å². The maximum atomic E-state index is 12.8. The lowest BCUT2D eigenvalue weighted by atomic mass is 10.0. The third kappa shape index (κ3) is 5.68. The lowest BCUT2D eigenvalue weighted by Crippen LogP contribution is -2.40. The van der Waals surface area contributed by atoms with Gasteiger partial charge in [0, 0.05) is 29.6 Å². The Bertz CT molecular complexity index is 1260. The number of hydrogen-bond donors (Lipinski definition) is 3. The Hall–Kier alpha value is -3.73. The van der Waals surface area contributed by atoms with E-state index in [1.165, 1.54) is 14.2 Å². The quantitative estimate of drug-likeness (QED) is 0.427. The summed E-state index contributed by atoms with van der Waals surface area (Å²) in [6, 6.07) is 10.1. The van der Waals surface area contributed by atoms with Gasteiger partial charge in [0.2, 0.25) is 15.9 Å². The van der Waals surface area contributed by atoms with Crippen molar-refractivity contribution in [3.8, 4) is 11.5 Å². The van der Waals surface area contributed by atoms with Crippen LogP contribution in [0.5, 0.6) is 11.5 Å². The van der Waals surface area contributed by atoms with Gasteiger partial charge in [-0.25, -0.2) is 8.42 Å². The summed E-state index contributed by atoms with van der Waals surface area (Å²) in [4.78, 5) is 24.8. The third-order valence-corrected chi connectivity index (χ3v) is 6.58. The Morgan fingerprint density at radius 2 is 1.69 bits per heavy atom. The van der Waals surface area contributed by atoms with Gasteiger partial charge in [-0.3, -0.25) is 13.9 Å². The van der Waals surface area contributed by atoms with E-state index in [-0.39, 0.29) is 12.5 Å². The number of methoxy groups -OCH3 is 2. The Morgan fingerprint density at radius 3 is 2.23 bits per heavy atom. The van der Waals surface area contributed by atoms with Crippen LogP contribution in [0.4, 0.5) is 17.1 Å². The summed E-state index contributed by atoms with van der Waals surface area (Å²) >= 11 is 0. The van der Waals surface area contributed by atoms with Crippen molar-refractivity contribution in [2.24, 2.45) is 0 Å². The van der Waals surface area contributed by atoms with Crippen LogP contribution in [0.3, 0.4) is 0 Å². The molecule has 0 fully saturated rings. The van der Waals surface area contributed by atoms with E-state index in [0.29, 0.717) is 58.4 Å². The molecule has 35 heavy (non-hydrogen) atoms. The smallest absolute Gasteiger partial charge is 0.258 e. The molecule has 0 radical (unpaired) electrons. The second kappa shape index (κ2) is 10.7. The van der Waals surface area contributed by atoms with Gasteiger partial charge in [0.25, 0.3) is 5.91 Å². The molecule has 0 atom stereocenters. The molecule has 0 saturated heterocycles. The number of hydrogen-bond acceptors (Lipinski definition) is 7. The fourth-order valence-corrected chi connectivity index (χ4v) is 4.65. The topological polar surface area (TPSA) is 126 Å². The molecule has 1 aliphatic rings. The number of carbonyl (C=O) groups is 2. The second-order valence-corrected chi connectivity index (χ2v) is 9.72. The SMILES string of the molecule is CCNC(=O)CN(c1ccc(NC(CC)=C2C(=O)Nc3cc(OC)c(OC)cc32)cc1)S(C)(=O)=O. The maximum Gasteiger partial charge on any atom is 0.258 e. The van der Waals surface area contributed by atoms with Crippen LogP contribution >= 0.6 is 0 Å². The average Bonchev–Trinajstić information content (AvgIpc) is 3.14. The third-order valence-electron chi connectivity index (χ3n) is 5.44. The number of anilines is 3. The number of likely N-dealkylation sites (N-methyl/N-ethyl adjacent to an activating group) is 1. The zero-order valence-corrected chi connectivity index (χ0v) is 21.2. The summed E-state index contributed by atoms with van der Waals surface area (Å²) in [7, 11) is -0.609. The van der Waals surface area contributed by atoms with E-state index in [9.17, 15) is 18.0 Å². The summed E-state index contributed by atoms with van der Waals surface area (Å²) in [6.45, 7) is 3.78. The lowest BCUT2D eigenvalue weighted by Gasteiger charge is -2.22. The van der Waals surface area contributed by atoms with Crippen molar-refractivity contribution < 1.29 is 27.5 Å². The molecule has 2 aromatic carbocycles. The van der Waals surface area contributed by atoms with Crippen LogP contribution in [-0.2, 0) is 19.6 Å². The molecular formula is C24H30N4O6S. The number of nitrogens with one attached hydrogen (secondary N) is 3. The maximum absolute atomic E-state index is 12.8. The van der Waals surface area contributed by atoms with Gasteiger partial charge in [0.05, 0.1) is 37.4 Å². The molecule has 3 N–H and O–H groups in total. The van der Waals surface area contributed by atoms with Crippen molar-refractivity contribution >= 4 is 44.5 Å². The monoisotopic (exact) mass is 502 g/mol. The van der Waals surface area contributed by atoms with Crippen LogP contribution in [-0.4, -0.2) is 53.8 Å². The summed E-state index contributed by atoms with van der Waals surface area (Å²) in [5, 5.41) is 8.74. The Kier molecular flexibility index (Phi) is 7.90. The predicted octanol–water partition coefficient (Wildman–Crippen LogP) is 2.79. The van der Waals surface area contributed by atoms with Crippen molar-refractivity contribution in [2.75, 3.05) is 48.5 Å². The largest absolute Gasteiger partial charge is 0.493 e. The number of carbonyl (C=O) groups excluding carboxylic acids is 2. The van der Waals surface area contributed by atoms with Gasteiger partial charge in [-0.15, -0.1) is 0 Å². The fraction of sp³-hybridized carbons (Fsp3) is 0.333. The molecule has 0 bridgehead atoms. The number of allylic oxidation sites excluding steroid dienone is 1. The van der Waals surface area contributed by atoms with Crippen LogP contribution in [0.15, 0.2) is 42.1 Å². The molecule has 10 nitrogen and oxygen atoms in total. The molecule has 2 amide bonds. The number of amides is 2. The normalized spacial score (nSPS) is 14.0. The van der Waals surface area contributed by atoms with E-state index in [0.717, 1.165) is 10.6 Å². The Balaban J connectivity index is 1.93. The average molecular weight is 503 g/mol. The lowest BCUT2D eigenvalue weighted by molar-refractivity contribution is -0.119. The predicted molar refractivity (Wildman–Crippen MR) is 136 cm³/mol. The highest BCUT2D eigenvalue weighted by Crippen LogP contribution is 2.42. The Labute approximate surface area is 205 Å². The summed E-state index contributed by atoms with van der Waals surface area (Å²) in [5.74, 6) is 0.378. The first kappa shape index (κ1) is 25.9. The summed E-state index contributed by atoms with van der Waals surface area (Å²) in [6.07, 6.45) is 1.59. The molecule has 11 heteroatoms. The van der Waals surface area contributed by atoms with Crippen molar-refractivity contribution in [1.29, 1.82) is 0 Å². The summed E-state index contributed by atoms with van der Waals surface area (Å²) in [5.41, 5.74) is 3.51. The van der Waals surface area contributed by atoms with Gasteiger partial charge >= 0.3 is 0 Å². The van der Waals surface area contributed by atoms with Crippen molar-refractivity contribution in [3.05, 3.63) is 47.7 Å². The van der Waals surface area contributed by atoms with Crippen LogP contribution in [0.2, 0.25) is 0 Å². The molecular weight excluding hydrogens is 472 g/mol. The highest BCUT2D eigenvalue weighted by molar-refractivity contribution is 7.92. The number of ether oxygens (including phenoxy) is 2. The van der Waals surface area contributed by atoms with Crippen LogP contribution in [0.1, 0.15) is 25.8 Å². The van der Waals surface area contributed by atoms with Gasteiger partial charge in [0.15, 0.2) is 11.5 Å². The minimum Gasteiger partial charge on any atom is -0.493 e. The standard InChI is InChI=1S/C24H30N4O6S/c1-6-18(23-17-12-20(33-3)21(34-4)13-19(17)27-24(23)30)26-15-8-10-16(11-9-15)28(35(5,31)32)14-22(29)25-7-2/h8-13,26H,6-7,14H2,1-5H3,(H,25,29)(H,27,30). The van der Waals surface area contributed by atoms with Crippen molar-refractivity contribution in [2.45, 2.75) is 20.3 Å². The van der Waals surface area contributed by atoms with E-state index < -0.39 is 15.9 Å². The number of benzene rings is 2. The van der Waals surface area contributed by atoms with Crippen molar-refractivity contribution in [3.63, 3.8) is 0 Å². The van der Waals surface area contributed by atoms with Crippen LogP contribution < -0.4 is 29.7 Å². The van der Waals surface area contributed by atoms with E-state index >= 15 is 0 Å². The number of rotatable bonds is 10. The van der Waals surface area contributed by atoms with Gasteiger partial charge in [-0.05, 0) is 43.7 Å². The van der Waals surface area contributed by atoms with Crippen LogP contribution in [0.25, 0.3) is 5.57 Å². The molecule has 0 aromatic heterocycles. The van der Waals surface area contributed by atoms with E-state index in [1.54, 1.807) is 43.3 Å². The number of fused-ring (bicyclic) bond motifs is 1. The first-order valence-electron chi connectivity index (χ1n) is 11.0. The number of sulfonamides is 1. The molecule has 0 spiro atoms. The molecule has 1 heterocycles. The highest BCUT2D eigenvalue weighted by Gasteiger charge is 2.29. The van der Waals surface area contributed by atoms with Gasteiger partial charge in [0.1, 0.15) is 6.54 Å². The molecule has 0 aliphatic carbocycles. The van der Waals surface area contributed by atoms with Gasteiger partial charge in [-0.1, -0.05) is 6.92 Å². The van der Waals surface area contributed by atoms with Crippen molar-refractivity contribution in [1.82, 2.24) is 5.32 Å². The van der Waals surface area contributed by atoms with Gasteiger partial charge in [-0.2, -0.15) is 0 Å². The second-order valence-electron chi connectivity index (χ2n) is 7.81. The van der Waals surface area contributed by atoms with E-state index in [2.05, 4.69) is 16.0 Å².